The molecule has 126 valence electrons. The summed E-state index contributed by atoms with van der Waals surface area (Å²) >= 11 is 7.25. The van der Waals surface area contributed by atoms with Crippen LogP contribution in [-0.2, 0) is 0 Å². The quantitative estimate of drug-likeness (QED) is 0.506. The molecular weight excluding hydrogens is 368 g/mol. The Morgan fingerprint density at radius 2 is 1.58 bits per heavy atom. The first-order valence-electron chi connectivity index (χ1n) is 7.71. The second-order valence-corrected chi connectivity index (χ2v) is 7.04. The summed E-state index contributed by atoms with van der Waals surface area (Å²) in [5.74, 6) is -0.274. The Balaban J connectivity index is 1.82. The fourth-order valence-corrected chi connectivity index (χ4v) is 3.98. The highest BCUT2D eigenvalue weighted by Crippen LogP contribution is 2.39. The summed E-state index contributed by atoms with van der Waals surface area (Å²) in [5, 5.41) is 22.5. The van der Waals surface area contributed by atoms with Gasteiger partial charge in [-0.15, -0.1) is 11.3 Å². The molecule has 0 aliphatic heterocycles. The molecule has 0 saturated heterocycles. The number of rotatable bonds is 2. The van der Waals surface area contributed by atoms with Crippen molar-refractivity contribution >= 4 is 33.2 Å². The van der Waals surface area contributed by atoms with Crippen molar-refractivity contribution in [1.29, 1.82) is 5.26 Å². The highest BCUT2D eigenvalue weighted by atomic mass is 35.5. The monoisotopic (exact) mass is 378 g/mol. The van der Waals surface area contributed by atoms with Crippen LogP contribution in [0.3, 0.4) is 0 Å². The van der Waals surface area contributed by atoms with Crippen LogP contribution in [0.4, 0.5) is 0 Å². The number of hydrogen-bond donors (Lipinski definition) is 2. The van der Waals surface area contributed by atoms with Gasteiger partial charge in [0, 0.05) is 16.0 Å². The second kappa shape index (κ2) is 6.34. The third kappa shape index (κ3) is 2.66. The first-order valence-corrected chi connectivity index (χ1v) is 8.97. The zero-order valence-corrected chi connectivity index (χ0v) is 14.9. The van der Waals surface area contributed by atoms with Gasteiger partial charge in [-0.1, -0.05) is 48.0 Å². The van der Waals surface area contributed by atoms with Crippen molar-refractivity contribution in [1.82, 2.24) is 4.98 Å². The number of aromatic nitrogens is 1. The number of thiophene rings is 1. The van der Waals surface area contributed by atoms with Gasteiger partial charge in [-0.05, 0) is 28.8 Å². The number of pyridine rings is 1. The Labute approximate surface area is 157 Å². The van der Waals surface area contributed by atoms with Crippen LogP contribution in [0, 0.1) is 11.3 Å². The predicted octanol–water partition coefficient (Wildman–Crippen LogP) is 5.15. The molecule has 0 fully saturated rings. The van der Waals surface area contributed by atoms with E-state index in [1.165, 1.54) is 11.3 Å². The molecule has 2 aromatic heterocycles. The minimum absolute atomic E-state index is 0.269. The normalized spacial score (nSPS) is 10.8. The molecule has 26 heavy (non-hydrogen) atoms. The molecule has 0 saturated carbocycles. The van der Waals surface area contributed by atoms with E-state index in [0.29, 0.717) is 15.2 Å². The zero-order chi connectivity index (χ0) is 18.3. The Kier molecular flexibility index (Phi) is 4.00. The molecule has 6 heteroatoms. The lowest BCUT2D eigenvalue weighted by atomic mass is 10.00. The van der Waals surface area contributed by atoms with Crippen LogP contribution < -0.4 is 5.56 Å². The van der Waals surface area contributed by atoms with Crippen LogP contribution >= 0.6 is 22.9 Å². The number of benzene rings is 2. The lowest BCUT2D eigenvalue weighted by Crippen LogP contribution is -2.09. The van der Waals surface area contributed by atoms with Crippen LogP contribution in [0.2, 0.25) is 5.02 Å². The first-order chi connectivity index (χ1) is 12.6. The van der Waals surface area contributed by atoms with Gasteiger partial charge in [-0.3, -0.25) is 4.79 Å². The number of nitriles is 1. The van der Waals surface area contributed by atoms with Crippen LogP contribution in [-0.4, -0.2) is 10.1 Å². The van der Waals surface area contributed by atoms with Gasteiger partial charge in [0.15, 0.2) is 5.56 Å². The Morgan fingerprint density at radius 1 is 1.00 bits per heavy atom. The maximum atomic E-state index is 11.8. The molecule has 4 nitrogen and oxygen atoms in total. The minimum atomic E-state index is -0.580. The number of fused-ring (bicyclic) bond motifs is 1. The fraction of sp³-hybridized carbons (Fsp3) is 0. The van der Waals surface area contributed by atoms with E-state index in [0.717, 1.165) is 22.3 Å². The minimum Gasteiger partial charge on any atom is -0.506 e. The molecule has 0 bridgehead atoms. The fourth-order valence-electron chi connectivity index (χ4n) is 2.88. The number of aromatic hydroxyl groups is 1. The molecule has 2 N–H and O–H groups in total. The van der Waals surface area contributed by atoms with Crippen molar-refractivity contribution < 1.29 is 5.11 Å². The molecule has 4 aromatic rings. The number of nitrogens with zero attached hydrogens (tertiary/aromatic N) is 1. The summed E-state index contributed by atoms with van der Waals surface area (Å²) < 4.78 is 0. The van der Waals surface area contributed by atoms with Crippen molar-refractivity contribution in [3.63, 3.8) is 0 Å². The number of halogens is 1. The molecule has 0 spiro atoms. The third-order valence-corrected chi connectivity index (χ3v) is 5.35. The molecule has 4 rings (SSSR count). The number of hydrogen-bond acceptors (Lipinski definition) is 4. The summed E-state index contributed by atoms with van der Waals surface area (Å²) in [7, 11) is 0. The van der Waals surface area contributed by atoms with Crippen LogP contribution in [0.5, 0.6) is 5.75 Å². The van der Waals surface area contributed by atoms with E-state index in [1.807, 2.05) is 53.9 Å². The zero-order valence-electron chi connectivity index (χ0n) is 13.3. The SMILES string of the molecule is N#Cc1c(O)c2c(-c3ccc(-c4ccc(Cl)cc4)cc3)csc2[nH]c1=O. The van der Waals surface area contributed by atoms with E-state index in [4.69, 9.17) is 16.9 Å². The van der Waals surface area contributed by atoms with Gasteiger partial charge in [-0.2, -0.15) is 5.26 Å². The standard InChI is InChI=1S/C20H11ClN2O2S/c21-14-7-5-12(6-8-14)11-1-3-13(4-2-11)16-10-26-20-17(16)18(24)15(9-22)19(25)23-20/h1-8,10H,(H2,23,24,25). The van der Waals surface area contributed by atoms with Gasteiger partial charge < -0.3 is 10.1 Å². The van der Waals surface area contributed by atoms with E-state index in [-0.39, 0.29) is 11.3 Å². The smallest absolute Gasteiger partial charge is 0.270 e. The first kappa shape index (κ1) is 16.4. The third-order valence-electron chi connectivity index (χ3n) is 4.20. The van der Waals surface area contributed by atoms with Crippen LogP contribution in [0.1, 0.15) is 5.56 Å². The summed E-state index contributed by atoms with van der Waals surface area (Å²) in [4.78, 5) is 15.0. The molecule has 0 atom stereocenters. The summed E-state index contributed by atoms with van der Waals surface area (Å²) in [5.41, 5.74) is 2.91. The van der Waals surface area contributed by atoms with E-state index >= 15 is 0 Å². The van der Waals surface area contributed by atoms with Gasteiger partial charge in [0.2, 0.25) is 0 Å². The second-order valence-electron chi connectivity index (χ2n) is 5.73. The summed E-state index contributed by atoms with van der Waals surface area (Å²) in [6.07, 6.45) is 0. The van der Waals surface area contributed by atoms with Crippen molar-refractivity contribution in [2.75, 3.05) is 0 Å². The van der Waals surface area contributed by atoms with E-state index < -0.39 is 5.56 Å². The molecule has 0 unspecified atom stereocenters. The maximum Gasteiger partial charge on any atom is 0.270 e. The highest BCUT2D eigenvalue weighted by molar-refractivity contribution is 7.17. The number of aromatic amines is 1. The topological polar surface area (TPSA) is 76.9 Å². The Morgan fingerprint density at radius 3 is 2.19 bits per heavy atom. The molecule has 2 aromatic carbocycles. The van der Waals surface area contributed by atoms with Gasteiger partial charge >= 0.3 is 0 Å². The largest absolute Gasteiger partial charge is 0.506 e. The molecule has 0 amide bonds. The van der Waals surface area contributed by atoms with Crippen molar-refractivity contribution in [2.45, 2.75) is 0 Å². The van der Waals surface area contributed by atoms with E-state index in [1.54, 1.807) is 6.07 Å². The van der Waals surface area contributed by atoms with Gasteiger partial charge in [0.05, 0.1) is 5.39 Å². The maximum absolute atomic E-state index is 11.8. The van der Waals surface area contributed by atoms with E-state index in [9.17, 15) is 9.90 Å². The molecule has 0 radical (unpaired) electrons. The Bertz CT molecular complexity index is 1220. The summed E-state index contributed by atoms with van der Waals surface area (Å²) in [6.45, 7) is 0. The highest BCUT2D eigenvalue weighted by Gasteiger charge is 2.17. The average Bonchev–Trinajstić information content (AvgIpc) is 3.07. The molecular formula is C20H11ClN2O2S. The number of H-pyrrole nitrogens is 1. The number of nitrogens with one attached hydrogen (secondary N) is 1. The van der Waals surface area contributed by atoms with Crippen molar-refractivity contribution in [3.8, 4) is 34.1 Å². The van der Waals surface area contributed by atoms with Gasteiger partial charge in [-0.25, -0.2) is 0 Å². The Hall–Kier alpha value is -3.07. The summed E-state index contributed by atoms with van der Waals surface area (Å²) in [6, 6.07) is 17.2. The lowest BCUT2D eigenvalue weighted by molar-refractivity contribution is 0.479. The average molecular weight is 379 g/mol. The van der Waals surface area contributed by atoms with Gasteiger partial charge in [0.25, 0.3) is 5.56 Å². The van der Waals surface area contributed by atoms with Crippen LogP contribution in [0.25, 0.3) is 32.5 Å². The van der Waals surface area contributed by atoms with Crippen LogP contribution in [0.15, 0.2) is 58.7 Å². The van der Waals surface area contributed by atoms with Crippen molar-refractivity contribution in [3.05, 3.63) is 74.9 Å². The molecule has 2 heterocycles. The van der Waals surface area contributed by atoms with E-state index in [2.05, 4.69) is 4.98 Å². The predicted molar refractivity (Wildman–Crippen MR) is 105 cm³/mol. The molecule has 0 aliphatic carbocycles. The van der Waals surface area contributed by atoms with Crippen molar-refractivity contribution in [2.24, 2.45) is 0 Å². The van der Waals surface area contributed by atoms with Gasteiger partial charge in [0.1, 0.15) is 16.6 Å². The molecule has 0 aliphatic rings. The lowest BCUT2D eigenvalue weighted by Gasteiger charge is -2.06.